The van der Waals surface area contributed by atoms with Gasteiger partial charge in [-0.3, -0.25) is 4.79 Å². The van der Waals surface area contributed by atoms with Crippen molar-refractivity contribution in [3.05, 3.63) is 29.3 Å². The Labute approximate surface area is 108 Å². The lowest BCUT2D eigenvalue weighted by molar-refractivity contribution is 0.0944. The molecule has 0 spiro atoms. The van der Waals surface area contributed by atoms with Crippen LogP contribution in [0.3, 0.4) is 0 Å². The Morgan fingerprint density at radius 3 is 2.89 bits per heavy atom. The summed E-state index contributed by atoms with van der Waals surface area (Å²) in [6.07, 6.45) is 3.65. The maximum Gasteiger partial charge on any atom is 0.255 e. The van der Waals surface area contributed by atoms with Crippen LogP contribution < -0.4 is 5.32 Å². The standard InChI is InChI=1S/C15H21NO2/c1-10-3-5-12(7-10)9-16-15(18)13-8-11(2)4-6-14(13)17/h4,6,8,10,12,17H,3,5,7,9H2,1-2H3,(H,16,18). The number of nitrogens with one attached hydrogen (secondary N) is 1. The molecule has 3 heteroatoms. The Morgan fingerprint density at radius 2 is 2.22 bits per heavy atom. The summed E-state index contributed by atoms with van der Waals surface area (Å²) in [6.45, 7) is 4.89. The van der Waals surface area contributed by atoms with Crippen LogP contribution in [0.4, 0.5) is 0 Å². The molecule has 2 N–H and O–H groups in total. The highest BCUT2D eigenvalue weighted by Crippen LogP contribution is 2.29. The van der Waals surface area contributed by atoms with Gasteiger partial charge in [-0.2, -0.15) is 0 Å². The summed E-state index contributed by atoms with van der Waals surface area (Å²) in [5.41, 5.74) is 1.36. The van der Waals surface area contributed by atoms with Crippen LogP contribution in [-0.2, 0) is 0 Å². The van der Waals surface area contributed by atoms with Gasteiger partial charge < -0.3 is 10.4 Å². The predicted octanol–water partition coefficient (Wildman–Crippen LogP) is 2.87. The zero-order chi connectivity index (χ0) is 13.1. The lowest BCUT2D eigenvalue weighted by atomic mass is 10.1. The molecule has 0 radical (unpaired) electrons. The molecule has 1 aliphatic carbocycles. The number of benzene rings is 1. The van der Waals surface area contributed by atoms with Gasteiger partial charge in [0.25, 0.3) is 5.91 Å². The molecule has 18 heavy (non-hydrogen) atoms. The van der Waals surface area contributed by atoms with E-state index in [1.807, 2.05) is 6.92 Å². The Kier molecular flexibility index (Phi) is 3.90. The highest BCUT2D eigenvalue weighted by molar-refractivity contribution is 5.96. The summed E-state index contributed by atoms with van der Waals surface area (Å²) in [6, 6.07) is 5.09. The molecule has 1 fully saturated rings. The van der Waals surface area contributed by atoms with Crippen LogP contribution in [0.5, 0.6) is 5.75 Å². The van der Waals surface area contributed by atoms with Gasteiger partial charge in [-0.25, -0.2) is 0 Å². The van der Waals surface area contributed by atoms with Gasteiger partial charge in [0, 0.05) is 6.54 Å². The number of hydrogen-bond donors (Lipinski definition) is 2. The summed E-state index contributed by atoms with van der Waals surface area (Å²) < 4.78 is 0. The molecule has 1 amide bonds. The van der Waals surface area contributed by atoms with Crippen molar-refractivity contribution in [3.63, 3.8) is 0 Å². The van der Waals surface area contributed by atoms with Gasteiger partial charge in [0.2, 0.25) is 0 Å². The van der Waals surface area contributed by atoms with E-state index in [2.05, 4.69) is 12.2 Å². The number of phenols is 1. The highest BCUT2D eigenvalue weighted by atomic mass is 16.3. The molecule has 0 heterocycles. The monoisotopic (exact) mass is 247 g/mol. The fourth-order valence-electron chi connectivity index (χ4n) is 2.67. The van der Waals surface area contributed by atoms with Crippen molar-refractivity contribution < 1.29 is 9.90 Å². The first-order valence-electron chi connectivity index (χ1n) is 6.64. The smallest absolute Gasteiger partial charge is 0.255 e. The molecular weight excluding hydrogens is 226 g/mol. The van der Waals surface area contributed by atoms with Crippen LogP contribution in [0.15, 0.2) is 18.2 Å². The second-order valence-corrected chi connectivity index (χ2v) is 5.51. The van der Waals surface area contributed by atoms with E-state index in [1.54, 1.807) is 18.2 Å². The molecule has 0 aliphatic heterocycles. The molecule has 2 unspecified atom stereocenters. The first-order chi connectivity index (χ1) is 8.56. The van der Waals surface area contributed by atoms with E-state index >= 15 is 0 Å². The maximum absolute atomic E-state index is 12.0. The van der Waals surface area contributed by atoms with Crippen LogP contribution in [-0.4, -0.2) is 17.6 Å². The minimum absolute atomic E-state index is 0.0536. The quantitative estimate of drug-likeness (QED) is 0.863. The topological polar surface area (TPSA) is 49.3 Å². The number of hydrogen-bond acceptors (Lipinski definition) is 2. The van der Waals surface area contributed by atoms with Crippen LogP contribution >= 0.6 is 0 Å². The highest BCUT2D eigenvalue weighted by Gasteiger charge is 2.22. The molecule has 98 valence electrons. The summed E-state index contributed by atoms with van der Waals surface area (Å²) in [4.78, 5) is 12.0. The van der Waals surface area contributed by atoms with Crippen molar-refractivity contribution in [3.8, 4) is 5.75 Å². The third kappa shape index (κ3) is 3.03. The van der Waals surface area contributed by atoms with E-state index in [9.17, 15) is 9.90 Å². The second kappa shape index (κ2) is 5.42. The molecule has 1 aromatic carbocycles. The first-order valence-corrected chi connectivity index (χ1v) is 6.64. The van der Waals surface area contributed by atoms with Crippen LogP contribution in [0, 0.1) is 18.8 Å². The zero-order valence-corrected chi connectivity index (χ0v) is 11.1. The third-order valence-corrected chi connectivity index (χ3v) is 3.75. The lowest BCUT2D eigenvalue weighted by Gasteiger charge is -2.12. The summed E-state index contributed by atoms with van der Waals surface area (Å²) in [7, 11) is 0. The van der Waals surface area contributed by atoms with Gasteiger partial charge in [-0.1, -0.05) is 25.0 Å². The van der Waals surface area contributed by atoms with Crippen molar-refractivity contribution in [2.75, 3.05) is 6.54 Å². The molecular formula is C15H21NO2. The van der Waals surface area contributed by atoms with Crippen LogP contribution in [0.2, 0.25) is 0 Å². The number of rotatable bonds is 3. The number of carbonyl (C=O) groups is 1. The van der Waals surface area contributed by atoms with E-state index < -0.39 is 0 Å². The number of aryl methyl sites for hydroxylation is 1. The molecule has 1 aliphatic rings. The fourth-order valence-corrected chi connectivity index (χ4v) is 2.67. The van der Waals surface area contributed by atoms with Gasteiger partial charge in [0.05, 0.1) is 5.56 Å². The molecule has 1 aromatic rings. The number of carbonyl (C=O) groups excluding carboxylic acids is 1. The fraction of sp³-hybridized carbons (Fsp3) is 0.533. The van der Waals surface area contributed by atoms with Crippen molar-refractivity contribution in [2.24, 2.45) is 11.8 Å². The van der Waals surface area contributed by atoms with Gasteiger partial charge in [-0.05, 0) is 43.7 Å². The minimum atomic E-state index is -0.171. The molecule has 0 aromatic heterocycles. The molecule has 3 nitrogen and oxygen atoms in total. The van der Waals surface area contributed by atoms with E-state index in [0.29, 0.717) is 11.5 Å². The number of phenolic OH excluding ortho intramolecular Hbond substituents is 1. The zero-order valence-electron chi connectivity index (χ0n) is 11.1. The van der Waals surface area contributed by atoms with Gasteiger partial charge in [0.15, 0.2) is 0 Å². The maximum atomic E-state index is 12.0. The molecule has 2 rings (SSSR count). The largest absolute Gasteiger partial charge is 0.507 e. The van der Waals surface area contributed by atoms with Gasteiger partial charge >= 0.3 is 0 Å². The first kappa shape index (κ1) is 12.9. The normalized spacial score (nSPS) is 23.0. The Balaban J connectivity index is 1.93. The third-order valence-electron chi connectivity index (χ3n) is 3.75. The van der Waals surface area contributed by atoms with Crippen molar-refractivity contribution in [2.45, 2.75) is 33.1 Å². The lowest BCUT2D eigenvalue weighted by Crippen LogP contribution is -2.28. The number of amides is 1. The summed E-state index contributed by atoms with van der Waals surface area (Å²) in [5.74, 6) is 1.25. The average molecular weight is 247 g/mol. The van der Waals surface area contributed by atoms with Crippen molar-refractivity contribution in [1.82, 2.24) is 5.32 Å². The average Bonchev–Trinajstić information content (AvgIpc) is 2.75. The summed E-state index contributed by atoms with van der Waals surface area (Å²) in [5, 5.41) is 12.6. The van der Waals surface area contributed by atoms with Crippen molar-refractivity contribution >= 4 is 5.91 Å². The Morgan fingerprint density at radius 1 is 1.44 bits per heavy atom. The van der Waals surface area contributed by atoms with Gasteiger partial charge in [-0.15, -0.1) is 0 Å². The van der Waals surface area contributed by atoms with E-state index in [0.717, 1.165) is 18.0 Å². The Hall–Kier alpha value is -1.51. The molecule has 1 saturated carbocycles. The SMILES string of the molecule is Cc1ccc(O)c(C(=O)NCC2CCC(C)C2)c1. The minimum Gasteiger partial charge on any atom is -0.507 e. The predicted molar refractivity (Wildman–Crippen MR) is 71.7 cm³/mol. The molecule has 0 bridgehead atoms. The second-order valence-electron chi connectivity index (χ2n) is 5.51. The Bertz CT molecular complexity index is 442. The molecule has 0 saturated heterocycles. The van der Waals surface area contributed by atoms with E-state index in [4.69, 9.17) is 0 Å². The van der Waals surface area contributed by atoms with Crippen molar-refractivity contribution in [1.29, 1.82) is 0 Å². The van der Waals surface area contributed by atoms with E-state index in [1.165, 1.54) is 19.3 Å². The molecule has 2 atom stereocenters. The van der Waals surface area contributed by atoms with Crippen LogP contribution in [0.1, 0.15) is 42.1 Å². The van der Waals surface area contributed by atoms with Crippen LogP contribution in [0.25, 0.3) is 0 Å². The van der Waals surface area contributed by atoms with Gasteiger partial charge in [0.1, 0.15) is 5.75 Å². The van der Waals surface area contributed by atoms with E-state index in [-0.39, 0.29) is 11.7 Å². The summed E-state index contributed by atoms with van der Waals surface area (Å²) >= 11 is 0. The number of aromatic hydroxyl groups is 1.